The van der Waals surface area contributed by atoms with Gasteiger partial charge in [-0.1, -0.05) is 37.3 Å². The second-order valence-corrected chi connectivity index (χ2v) is 5.60. The van der Waals surface area contributed by atoms with Crippen LogP contribution in [0.15, 0.2) is 42.7 Å². The predicted octanol–water partition coefficient (Wildman–Crippen LogP) is 2.95. The van der Waals surface area contributed by atoms with E-state index in [1.165, 1.54) is 0 Å². The number of nitrogens with two attached hydrogens (primary N) is 1. The van der Waals surface area contributed by atoms with Crippen LogP contribution in [0.5, 0.6) is 0 Å². The molecule has 1 aromatic heterocycles. The summed E-state index contributed by atoms with van der Waals surface area (Å²) in [6.07, 6.45) is 3.72. The van der Waals surface area contributed by atoms with Gasteiger partial charge in [-0.15, -0.1) is 24.8 Å². The van der Waals surface area contributed by atoms with Crippen LogP contribution in [0.25, 0.3) is 0 Å². The Kier molecular flexibility index (Phi) is 9.66. The third-order valence-corrected chi connectivity index (χ3v) is 3.94. The van der Waals surface area contributed by atoms with E-state index in [9.17, 15) is 4.79 Å². The molecule has 0 radical (unpaired) electrons. The lowest BCUT2D eigenvalue weighted by atomic mass is 9.94. The highest BCUT2D eigenvalue weighted by Crippen LogP contribution is 2.21. The number of aryl methyl sites for hydroxylation is 1. The Hall–Kier alpha value is -1.56. The summed E-state index contributed by atoms with van der Waals surface area (Å²) in [4.78, 5) is 14.5. The van der Waals surface area contributed by atoms with Crippen molar-refractivity contribution in [3.63, 3.8) is 0 Å². The smallest absolute Gasteiger partial charge is 0.227 e. The number of amides is 1. The highest BCUT2D eigenvalue weighted by atomic mass is 35.5. The van der Waals surface area contributed by atoms with Crippen molar-refractivity contribution in [1.82, 2.24) is 14.7 Å². The number of hydrogen-bond acceptors (Lipinski definition) is 3. The normalized spacial score (nSPS) is 12.5. The van der Waals surface area contributed by atoms with E-state index < -0.39 is 0 Å². The van der Waals surface area contributed by atoms with E-state index >= 15 is 0 Å². The molecule has 0 aliphatic carbocycles. The molecule has 5 nitrogen and oxygen atoms in total. The molecule has 0 saturated carbocycles. The lowest BCUT2D eigenvalue weighted by molar-refractivity contribution is -0.136. The van der Waals surface area contributed by atoms with Gasteiger partial charge in [0.05, 0.1) is 12.1 Å². The topological polar surface area (TPSA) is 64.2 Å². The number of halogens is 2. The van der Waals surface area contributed by atoms with Gasteiger partial charge in [-0.3, -0.25) is 9.48 Å². The van der Waals surface area contributed by atoms with Crippen molar-refractivity contribution in [1.29, 1.82) is 0 Å². The highest BCUT2D eigenvalue weighted by Gasteiger charge is 2.26. The zero-order valence-corrected chi connectivity index (χ0v) is 15.9. The third kappa shape index (κ3) is 5.51. The Morgan fingerprint density at radius 1 is 1.29 bits per heavy atom. The second kappa shape index (κ2) is 10.3. The molecule has 1 heterocycles. The van der Waals surface area contributed by atoms with Gasteiger partial charge in [0.1, 0.15) is 0 Å². The molecule has 0 saturated heterocycles. The number of benzene rings is 1. The van der Waals surface area contributed by atoms with E-state index in [1.807, 2.05) is 62.3 Å². The third-order valence-electron chi connectivity index (χ3n) is 3.94. The predicted molar refractivity (Wildman–Crippen MR) is 101 cm³/mol. The summed E-state index contributed by atoms with van der Waals surface area (Å²) in [6.45, 7) is 5.09. The van der Waals surface area contributed by atoms with Gasteiger partial charge in [0.15, 0.2) is 0 Å². The summed E-state index contributed by atoms with van der Waals surface area (Å²) in [5, 5.41) is 4.14. The van der Waals surface area contributed by atoms with Crippen LogP contribution in [0.3, 0.4) is 0 Å². The van der Waals surface area contributed by atoms with Crippen molar-refractivity contribution in [3.05, 3.63) is 53.9 Å². The first-order valence-corrected chi connectivity index (χ1v) is 7.59. The molecule has 0 bridgehead atoms. The average molecular weight is 373 g/mol. The van der Waals surface area contributed by atoms with Gasteiger partial charge < -0.3 is 10.6 Å². The highest BCUT2D eigenvalue weighted by molar-refractivity contribution is 5.85. The van der Waals surface area contributed by atoms with E-state index in [1.54, 1.807) is 10.9 Å². The molecule has 2 rings (SSSR count). The first kappa shape index (κ1) is 22.4. The zero-order valence-electron chi connectivity index (χ0n) is 14.3. The molecule has 0 aliphatic rings. The van der Waals surface area contributed by atoms with Gasteiger partial charge in [0, 0.05) is 37.9 Å². The lowest BCUT2D eigenvalue weighted by Gasteiger charge is -2.27. The molecule has 134 valence electrons. The van der Waals surface area contributed by atoms with E-state index in [-0.39, 0.29) is 42.7 Å². The molecule has 1 amide bonds. The quantitative estimate of drug-likeness (QED) is 0.847. The molecule has 2 aromatic rings. The molecule has 2 atom stereocenters. The van der Waals surface area contributed by atoms with Crippen molar-refractivity contribution in [2.75, 3.05) is 6.54 Å². The molecule has 2 unspecified atom stereocenters. The van der Waals surface area contributed by atoms with Gasteiger partial charge >= 0.3 is 0 Å². The summed E-state index contributed by atoms with van der Waals surface area (Å²) in [5.41, 5.74) is 8.28. The molecule has 24 heavy (non-hydrogen) atoms. The molecular formula is C17H26Cl2N4O. The van der Waals surface area contributed by atoms with E-state index in [4.69, 9.17) is 5.73 Å². The molecule has 0 fully saturated rings. The molecule has 7 heteroatoms. The molecular weight excluding hydrogens is 347 g/mol. The van der Waals surface area contributed by atoms with Gasteiger partial charge in [0.25, 0.3) is 0 Å². The largest absolute Gasteiger partial charge is 0.338 e. The van der Waals surface area contributed by atoms with Crippen molar-refractivity contribution in [2.24, 2.45) is 18.7 Å². The maximum atomic E-state index is 12.7. The molecule has 0 aliphatic heterocycles. The minimum absolute atomic E-state index is 0. The zero-order chi connectivity index (χ0) is 16.1. The van der Waals surface area contributed by atoms with E-state index in [0.29, 0.717) is 13.1 Å². The second-order valence-electron chi connectivity index (χ2n) is 5.60. The maximum absolute atomic E-state index is 12.7. The number of nitrogens with zero attached hydrogens (tertiary/aromatic N) is 3. The number of carbonyl (C=O) groups is 1. The number of carbonyl (C=O) groups excluding carboxylic acids is 1. The van der Waals surface area contributed by atoms with Gasteiger partial charge in [0.2, 0.25) is 5.91 Å². The molecule has 1 aromatic carbocycles. The number of hydrogen-bond donors (Lipinski definition) is 1. The average Bonchev–Trinajstić information content (AvgIpc) is 2.96. The van der Waals surface area contributed by atoms with E-state index in [0.717, 1.165) is 11.1 Å². The van der Waals surface area contributed by atoms with Crippen LogP contribution in [-0.2, 0) is 18.4 Å². The first-order chi connectivity index (χ1) is 10.5. The summed E-state index contributed by atoms with van der Waals surface area (Å²) in [6, 6.07) is 9.47. The van der Waals surface area contributed by atoms with Crippen LogP contribution in [0.4, 0.5) is 0 Å². The van der Waals surface area contributed by atoms with Crippen molar-refractivity contribution < 1.29 is 4.79 Å². The van der Waals surface area contributed by atoms with Gasteiger partial charge in [-0.2, -0.15) is 5.10 Å². The van der Waals surface area contributed by atoms with Crippen molar-refractivity contribution in [3.8, 4) is 0 Å². The Morgan fingerprint density at radius 2 is 1.92 bits per heavy atom. The van der Waals surface area contributed by atoms with Crippen molar-refractivity contribution in [2.45, 2.75) is 26.4 Å². The van der Waals surface area contributed by atoms with Crippen LogP contribution in [0.2, 0.25) is 0 Å². The molecule has 0 spiro atoms. The van der Waals surface area contributed by atoms with Crippen molar-refractivity contribution >= 4 is 30.7 Å². The van der Waals surface area contributed by atoms with Gasteiger partial charge in [-0.05, 0) is 12.5 Å². The summed E-state index contributed by atoms with van der Waals surface area (Å²) in [5.74, 6) is -0.193. The molecule has 2 N–H and O–H groups in total. The van der Waals surface area contributed by atoms with Crippen LogP contribution in [0.1, 0.15) is 31.0 Å². The fraction of sp³-hybridized carbons (Fsp3) is 0.412. The summed E-state index contributed by atoms with van der Waals surface area (Å²) < 4.78 is 1.74. The van der Waals surface area contributed by atoms with Crippen LogP contribution < -0.4 is 5.73 Å². The van der Waals surface area contributed by atoms with Crippen LogP contribution in [0, 0.1) is 5.92 Å². The maximum Gasteiger partial charge on any atom is 0.227 e. The number of aromatic nitrogens is 2. The van der Waals surface area contributed by atoms with E-state index in [2.05, 4.69) is 5.10 Å². The minimum Gasteiger partial charge on any atom is -0.338 e. The Bertz CT molecular complexity index is 618. The summed E-state index contributed by atoms with van der Waals surface area (Å²) in [7, 11) is 1.87. The van der Waals surface area contributed by atoms with Crippen LogP contribution in [-0.4, -0.2) is 27.1 Å². The number of rotatable bonds is 6. The SMILES string of the molecule is CCN(Cc1cnn(C)c1)C(=O)C(C)C(N)c1ccccc1.Cl.Cl. The minimum atomic E-state index is -0.295. The monoisotopic (exact) mass is 372 g/mol. The fourth-order valence-electron chi connectivity index (χ4n) is 2.52. The van der Waals surface area contributed by atoms with Crippen LogP contribution >= 0.6 is 24.8 Å². The Morgan fingerprint density at radius 3 is 2.42 bits per heavy atom. The summed E-state index contributed by atoms with van der Waals surface area (Å²) >= 11 is 0. The Labute approximate surface area is 156 Å². The standard InChI is InChI=1S/C17H24N4O.2ClH/c1-4-21(12-14-10-19-20(3)11-14)17(22)13(2)16(18)15-8-6-5-7-9-15;;/h5-11,13,16H,4,12,18H2,1-3H3;2*1H. The lowest BCUT2D eigenvalue weighted by Crippen LogP contribution is -2.38. The van der Waals surface area contributed by atoms with Gasteiger partial charge in [-0.25, -0.2) is 0 Å². The fourth-order valence-corrected chi connectivity index (χ4v) is 2.52. The Balaban J connectivity index is 0.00000264. The first-order valence-electron chi connectivity index (χ1n) is 7.59.